The van der Waals surface area contributed by atoms with E-state index in [0.717, 1.165) is 40.7 Å². The zero-order valence-corrected chi connectivity index (χ0v) is 22.6. The number of nitrogens with zero attached hydrogens (tertiary/aromatic N) is 3. The Balaban J connectivity index is 1.39. The minimum Gasteiger partial charge on any atom is -0.492 e. The number of likely N-dealkylation sites (N-methyl/N-ethyl adjacent to an activating group) is 1. The highest BCUT2D eigenvalue weighted by molar-refractivity contribution is 7.80. The first-order chi connectivity index (χ1) is 17.8. The van der Waals surface area contributed by atoms with Gasteiger partial charge in [0.1, 0.15) is 11.4 Å². The van der Waals surface area contributed by atoms with E-state index in [2.05, 4.69) is 29.8 Å². The van der Waals surface area contributed by atoms with Crippen LogP contribution in [0, 0.1) is 13.8 Å². The van der Waals surface area contributed by atoms with Gasteiger partial charge in [-0.15, -0.1) is 0 Å². The minimum absolute atomic E-state index is 0.124. The molecule has 0 bridgehead atoms. The molecule has 1 fully saturated rings. The van der Waals surface area contributed by atoms with Crippen LogP contribution in [0.15, 0.2) is 78.6 Å². The fourth-order valence-corrected chi connectivity index (χ4v) is 5.03. The average molecular weight is 530 g/mol. The third-order valence-corrected chi connectivity index (χ3v) is 7.53. The quantitative estimate of drug-likeness (QED) is 0.147. The van der Waals surface area contributed by atoms with Gasteiger partial charge in [0.05, 0.1) is 17.3 Å². The molecule has 0 unspecified atom stereocenters. The molecule has 0 spiro atoms. The summed E-state index contributed by atoms with van der Waals surface area (Å²) in [6.07, 6.45) is 4.84. The van der Waals surface area contributed by atoms with Crippen LogP contribution in [0.5, 0.6) is 5.75 Å². The van der Waals surface area contributed by atoms with E-state index in [4.69, 9.17) is 28.6 Å². The predicted octanol–water partition coefficient (Wildman–Crippen LogP) is 6.99. The Kier molecular flexibility index (Phi) is 7.04. The molecule has 5 nitrogen and oxygen atoms in total. The van der Waals surface area contributed by atoms with Crippen molar-refractivity contribution in [1.82, 2.24) is 9.47 Å². The number of hydrogen-bond donors (Lipinski definition) is 0. The molecule has 0 aliphatic carbocycles. The first kappa shape index (κ1) is 25.1. The maximum absolute atomic E-state index is 13.5. The fraction of sp³-hybridized carbons (Fsp3) is 0.200. The van der Waals surface area contributed by atoms with Crippen LogP contribution in [0.25, 0.3) is 17.0 Å². The fourth-order valence-electron chi connectivity index (χ4n) is 4.55. The minimum atomic E-state index is -0.124. The Bertz CT molecular complexity index is 1540. The molecule has 0 saturated carbocycles. The molecular weight excluding hydrogens is 502 g/mol. The van der Waals surface area contributed by atoms with E-state index in [1.54, 1.807) is 9.80 Å². The second-order valence-electron chi connectivity index (χ2n) is 9.21. The van der Waals surface area contributed by atoms with Crippen LogP contribution >= 0.6 is 23.8 Å². The number of rotatable bonds is 7. The molecule has 0 N–H and O–H groups in total. The normalized spacial score (nSPS) is 14.9. The van der Waals surface area contributed by atoms with E-state index in [9.17, 15) is 4.79 Å². The summed E-state index contributed by atoms with van der Waals surface area (Å²) in [6, 6.07) is 21.7. The van der Waals surface area contributed by atoms with Crippen LogP contribution in [0.3, 0.4) is 0 Å². The lowest BCUT2D eigenvalue weighted by atomic mass is 10.1. The number of fused-ring (bicyclic) bond motifs is 1. The molecule has 7 heteroatoms. The molecule has 5 rings (SSSR count). The number of ether oxygens (including phenoxy) is 1. The topological polar surface area (TPSA) is 37.7 Å². The van der Waals surface area contributed by atoms with Crippen molar-refractivity contribution in [2.45, 2.75) is 26.8 Å². The highest BCUT2D eigenvalue weighted by Gasteiger charge is 2.37. The second kappa shape index (κ2) is 10.4. The van der Waals surface area contributed by atoms with Crippen LogP contribution in [-0.2, 0) is 11.3 Å². The van der Waals surface area contributed by atoms with Crippen molar-refractivity contribution in [2.24, 2.45) is 0 Å². The van der Waals surface area contributed by atoms with Crippen LogP contribution in [0.2, 0.25) is 5.02 Å². The third-order valence-electron chi connectivity index (χ3n) is 6.76. The molecule has 1 aliphatic heterocycles. The lowest BCUT2D eigenvalue weighted by Gasteiger charge is -2.17. The summed E-state index contributed by atoms with van der Waals surface area (Å²) in [5.41, 5.74) is 5.71. The Labute approximate surface area is 227 Å². The van der Waals surface area contributed by atoms with Crippen molar-refractivity contribution in [2.75, 3.05) is 18.6 Å². The van der Waals surface area contributed by atoms with Crippen molar-refractivity contribution < 1.29 is 9.53 Å². The number of hydrogen-bond acceptors (Lipinski definition) is 3. The van der Waals surface area contributed by atoms with Gasteiger partial charge in [-0.05, 0) is 80.0 Å². The maximum atomic E-state index is 13.5. The van der Waals surface area contributed by atoms with Gasteiger partial charge in [0, 0.05) is 36.3 Å². The molecule has 0 atom stereocenters. The molecule has 1 aromatic heterocycles. The van der Waals surface area contributed by atoms with Crippen molar-refractivity contribution in [1.29, 1.82) is 0 Å². The molecule has 4 aromatic rings. The van der Waals surface area contributed by atoms with Crippen LogP contribution < -0.4 is 9.64 Å². The first-order valence-corrected chi connectivity index (χ1v) is 13.0. The van der Waals surface area contributed by atoms with Gasteiger partial charge in [-0.1, -0.05) is 48.0 Å². The zero-order chi connectivity index (χ0) is 26.1. The van der Waals surface area contributed by atoms with Gasteiger partial charge < -0.3 is 14.2 Å². The Hall–Kier alpha value is -3.61. The van der Waals surface area contributed by atoms with Crippen molar-refractivity contribution in [3.8, 4) is 5.75 Å². The Morgan fingerprint density at radius 1 is 1.00 bits per heavy atom. The van der Waals surface area contributed by atoms with Crippen LogP contribution in [0.4, 0.5) is 5.69 Å². The van der Waals surface area contributed by atoms with E-state index >= 15 is 0 Å². The van der Waals surface area contributed by atoms with E-state index in [1.165, 1.54) is 5.56 Å². The summed E-state index contributed by atoms with van der Waals surface area (Å²) in [5, 5.41) is 2.17. The smallest absolute Gasteiger partial charge is 0.281 e. The maximum Gasteiger partial charge on any atom is 0.281 e. The van der Waals surface area contributed by atoms with Gasteiger partial charge >= 0.3 is 0 Å². The molecule has 37 heavy (non-hydrogen) atoms. The summed E-state index contributed by atoms with van der Waals surface area (Å²) >= 11 is 11.9. The summed E-state index contributed by atoms with van der Waals surface area (Å²) in [4.78, 5) is 16.9. The molecule has 1 saturated heterocycles. The summed E-state index contributed by atoms with van der Waals surface area (Å²) < 4.78 is 8.07. The second-order valence-corrected chi connectivity index (χ2v) is 9.98. The molecule has 188 valence electrons. The van der Waals surface area contributed by atoms with Gasteiger partial charge in [-0.25, -0.2) is 0 Å². The lowest BCUT2D eigenvalue weighted by Crippen LogP contribution is -2.31. The van der Waals surface area contributed by atoms with Gasteiger partial charge in [0.15, 0.2) is 5.11 Å². The van der Waals surface area contributed by atoms with Gasteiger partial charge in [0.25, 0.3) is 5.91 Å². The number of aromatic nitrogens is 1. The van der Waals surface area contributed by atoms with Crippen molar-refractivity contribution in [3.05, 3.63) is 100 Å². The van der Waals surface area contributed by atoms with E-state index in [0.29, 0.717) is 28.2 Å². The monoisotopic (exact) mass is 529 g/mol. The highest BCUT2D eigenvalue weighted by Crippen LogP contribution is 2.31. The average Bonchev–Trinajstić information content (AvgIpc) is 3.34. The molecular formula is C30H28ClN3O2S. The molecule has 1 aliphatic rings. The summed E-state index contributed by atoms with van der Waals surface area (Å²) in [7, 11) is 1.85. The number of benzene rings is 3. The van der Waals surface area contributed by atoms with Crippen LogP contribution in [0.1, 0.15) is 23.1 Å². The van der Waals surface area contributed by atoms with E-state index in [1.807, 2.05) is 74.6 Å². The van der Waals surface area contributed by atoms with E-state index in [-0.39, 0.29) is 5.91 Å². The first-order valence-electron chi connectivity index (χ1n) is 12.2. The highest BCUT2D eigenvalue weighted by atomic mass is 35.5. The van der Waals surface area contributed by atoms with Crippen molar-refractivity contribution >= 4 is 57.5 Å². The molecule has 1 amide bonds. The largest absolute Gasteiger partial charge is 0.492 e. The number of carbonyl (C=O) groups excluding carboxylic acids is 1. The predicted molar refractivity (Wildman–Crippen MR) is 155 cm³/mol. The zero-order valence-electron chi connectivity index (χ0n) is 21.1. The van der Waals surface area contributed by atoms with Crippen LogP contribution in [-0.4, -0.2) is 34.1 Å². The standard InChI is InChI=1S/C30H28ClN3O2S/c1-20-13-14-23(17-21(20)2)34-29(35)27(32(3)30(34)37)18-22-19-33(26-11-6-4-9-24(22)26)15-8-16-36-28-12-7-5-10-25(28)31/h4-7,9-14,17-19H,8,15-16H2,1-3H3/b27-18-. The molecule has 2 heterocycles. The Morgan fingerprint density at radius 2 is 1.76 bits per heavy atom. The Morgan fingerprint density at radius 3 is 2.54 bits per heavy atom. The number of halogens is 1. The number of para-hydroxylation sites is 2. The summed E-state index contributed by atoms with van der Waals surface area (Å²) in [6.45, 7) is 5.41. The number of carbonyl (C=O) groups is 1. The summed E-state index contributed by atoms with van der Waals surface area (Å²) in [5.74, 6) is 0.569. The molecule has 0 radical (unpaired) electrons. The lowest BCUT2D eigenvalue weighted by molar-refractivity contribution is -0.114. The van der Waals surface area contributed by atoms with E-state index < -0.39 is 0 Å². The van der Waals surface area contributed by atoms with Crippen molar-refractivity contribution in [3.63, 3.8) is 0 Å². The third kappa shape index (κ3) is 4.87. The molecule has 3 aromatic carbocycles. The van der Waals surface area contributed by atoms with Gasteiger partial charge in [0.2, 0.25) is 0 Å². The number of thiocarbonyl (C=S) groups is 1. The number of anilines is 1. The number of aryl methyl sites for hydroxylation is 3. The SMILES string of the molecule is Cc1ccc(N2C(=O)/C(=C/c3cn(CCCOc4ccccc4Cl)c4ccccc34)N(C)C2=S)cc1C. The van der Waals surface area contributed by atoms with Gasteiger partial charge in [-0.2, -0.15) is 0 Å². The van der Waals surface area contributed by atoms with Gasteiger partial charge in [-0.3, -0.25) is 9.69 Å². The number of amides is 1.